The number of rotatable bonds is 0. The van der Waals surface area contributed by atoms with Crippen molar-refractivity contribution in [3.63, 3.8) is 0 Å². The Morgan fingerprint density at radius 3 is 2.92 bits per heavy atom. The Morgan fingerprint density at radius 1 is 1.50 bits per heavy atom. The maximum absolute atomic E-state index is 6.00. The first-order valence-electron chi connectivity index (χ1n) is 3.60. The molecule has 0 aliphatic rings. The third kappa shape index (κ3) is 2.20. The van der Waals surface area contributed by atoms with Gasteiger partial charge in [0.25, 0.3) is 0 Å². The zero-order valence-corrected chi connectivity index (χ0v) is 8.41. The third-order valence-corrected chi connectivity index (χ3v) is 2.15. The molecule has 2 heteroatoms. The summed E-state index contributed by atoms with van der Waals surface area (Å²) < 4.78 is 0. The van der Waals surface area contributed by atoms with Crippen molar-refractivity contribution in [3.8, 4) is 11.8 Å². The standard InChI is InChI=1S/C10H9ClS/c1-8-4-2-5-9(10(8)11)6-3-7-12/h2,4-5,12H,7H2,1H3. The number of hydrogen-bond donors (Lipinski definition) is 1. The molecule has 1 aromatic carbocycles. The van der Waals surface area contributed by atoms with Crippen LogP contribution in [0.2, 0.25) is 5.02 Å². The summed E-state index contributed by atoms with van der Waals surface area (Å²) >= 11 is 10.00. The van der Waals surface area contributed by atoms with Crippen LogP contribution < -0.4 is 0 Å². The third-order valence-electron chi connectivity index (χ3n) is 1.49. The predicted molar refractivity (Wildman–Crippen MR) is 56.9 cm³/mol. The first kappa shape index (κ1) is 9.51. The smallest absolute Gasteiger partial charge is 0.0591 e. The fraction of sp³-hybridized carbons (Fsp3) is 0.200. The minimum absolute atomic E-state index is 0.560. The molecule has 0 spiro atoms. The molecule has 0 bridgehead atoms. The minimum atomic E-state index is 0.560. The van der Waals surface area contributed by atoms with Crippen LogP contribution in [0.3, 0.4) is 0 Å². The predicted octanol–water partition coefficient (Wildman–Crippen LogP) is 2.93. The lowest BCUT2D eigenvalue weighted by atomic mass is 10.1. The zero-order valence-electron chi connectivity index (χ0n) is 6.76. The zero-order chi connectivity index (χ0) is 8.97. The van der Waals surface area contributed by atoms with Crippen LogP contribution in [0.1, 0.15) is 11.1 Å². The maximum Gasteiger partial charge on any atom is 0.0591 e. The summed E-state index contributed by atoms with van der Waals surface area (Å²) in [6.45, 7) is 1.97. The second-order valence-electron chi connectivity index (χ2n) is 2.40. The fourth-order valence-corrected chi connectivity index (χ4v) is 1.13. The SMILES string of the molecule is Cc1cccc(C#CCS)c1Cl. The van der Waals surface area contributed by atoms with Crippen LogP contribution in [0.15, 0.2) is 18.2 Å². The molecule has 0 saturated heterocycles. The number of aryl methyl sites for hydroxylation is 1. The molecule has 0 N–H and O–H groups in total. The lowest BCUT2D eigenvalue weighted by Crippen LogP contribution is -1.80. The van der Waals surface area contributed by atoms with E-state index in [2.05, 4.69) is 24.5 Å². The molecule has 1 aromatic rings. The summed E-state index contributed by atoms with van der Waals surface area (Å²) in [6, 6.07) is 5.82. The fourth-order valence-electron chi connectivity index (χ4n) is 0.879. The largest absolute Gasteiger partial charge is 0.166 e. The van der Waals surface area contributed by atoms with Gasteiger partial charge in [-0.15, -0.1) is 0 Å². The van der Waals surface area contributed by atoms with Gasteiger partial charge in [-0.25, -0.2) is 0 Å². The van der Waals surface area contributed by atoms with Crippen molar-refractivity contribution in [2.75, 3.05) is 5.75 Å². The van der Waals surface area contributed by atoms with Gasteiger partial charge >= 0.3 is 0 Å². The van der Waals surface area contributed by atoms with Gasteiger partial charge in [0.15, 0.2) is 0 Å². The molecule has 0 nitrogen and oxygen atoms in total. The van der Waals surface area contributed by atoms with Gasteiger partial charge in [0.1, 0.15) is 0 Å². The summed E-state index contributed by atoms with van der Waals surface area (Å²) in [6.07, 6.45) is 0. The molecule has 0 saturated carbocycles. The van der Waals surface area contributed by atoms with Gasteiger partial charge in [0, 0.05) is 5.56 Å². The number of benzene rings is 1. The molecule has 0 heterocycles. The van der Waals surface area contributed by atoms with Gasteiger partial charge in [-0.05, 0) is 18.6 Å². The molecule has 0 aromatic heterocycles. The van der Waals surface area contributed by atoms with E-state index >= 15 is 0 Å². The molecule has 12 heavy (non-hydrogen) atoms. The van der Waals surface area contributed by atoms with E-state index in [1.807, 2.05) is 25.1 Å². The van der Waals surface area contributed by atoms with Crippen molar-refractivity contribution >= 4 is 24.2 Å². The van der Waals surface area contributed by atoms with Gasteiger partial charge in [-0.1, -0.05) is 35.6 Å². The first-order valence-corrected chi connectivity index (χ1v) is 4.61. The summed E-state index contributed by atoms with van der Waals surface area (Å²) in [5.41, 5.74) is 1.94. The van der Waals surface area contributed by atoms with Gasteiger partial charge in [-0.3, -0.25) is 0 Å². The number of thiol groups is 1. The van der Waals surface area contributed by atoms with E-state index in [-0.39, 0.29) is 0 Å². The average molecular weight is 197 g/mol. The molecule has 0 atom stereocenters. The van der Waals surface area contributed by atoms with Crippen LogP contribution in [-0.4, -0.2) is 5.75 Å². The monoisotopic (exact) mass is 196 g/mol. The highest BCUT2D eigenvalue weighted by molar-refractivity contribution is 7.80. The van der Waals surface area contributed by atoms with Crippen LogP contribution >= 0.6 is 24.2 Å². The van der Waals surface area contributed by atoms with Crippen molar-refractivity contribution in [1.29, 1.82) is 0 Å². The molecule has 0 unspecified atom stereocenters. The van der Waals surface area contributed by atoms with Gasteiger partial charge in [-0.2, -0.15) is 12.6 Å². The van der Waals surface area contributed by atoms with E-state index in [1.54, 1.807) is 0 Å². The Hall–Kier alpha value is -0.580. The highest BCUT2D eigenvalue weighted by Crippen LogP contribution is 2.18. The number of halogens is 1. The lowest BCUT2D eigenvalue weighted by molar-refractivity contribution is 1.45. The normalized spacial score (nSPS) is 8.92. The van der Waals surface area contributed by atoms with Crippen LogP contribution in [-0.2, 0) is 0 Å². The van der Waals surface area contributed by atoms with Crippen LogP contribution in [0, 0.1) is 18.8 Å². The van der Waals surface area contributed by atoms with E-state index < -0.39 is 0 Å². The van der Waals surface area contributed by atoms with Crippen LogP contribution in [0.25, 0.3) is 0 Å². The highest BCUT2D eigenvalue weighted by Gasteiger charge is 1.97. The van der Waals surface area contributed by atoms with E-state index in [1.165, 1.54) is 0 Å². The first-order chi connectivity index (χ1) is 5.75. The Morgan fingerprint density at radius 2 is 2.25 bits per heavy atom. The topological polar surface area (TPSA) is 0 Å². The highest BCUT2D eigenvalue weighted by atomic mass is 35.5. The average Bonchev–Trinajstić information content (AvgIpc) is 2.08. The second-order valence-corrected chi connectivity index (χ2v) is 3.09. The molecule has 0 aliphatic carbocycles. The Labute approximate surface area is 83.3 Å². The molecular formula is C10H9ClS. The van der Waals surface area contributed by atoms with Gasteiger partial charge < -0.3 is 0 Å². The van der Waals surface area contributed by atoms with Gasteiger partial charge in [0.05, 0.1) is 10.8 Å². The summed E-state index contributed by atoms with van der Waals surface area (Å²) in [5, 5.41) is 0.742. The molecule has 0 radical (unpaired) electrons. The molecule has 1 rings (SSSR count). The number of hydrogen-bond acceptors (Lipinski definition) is 1. The van der Waals surface area contributed by atoms with E-state index in [0.29, 0.717) is 5.75 Å². The summed E-state index contributed by atoms with van der Waals surface area (Å²) in [5.74, 6) is 6.37. The molecule has 0 aliphatic heterocycles. The molecule has 0 fully saturated rings. The summed E-state index contributed by atoms with van der Waals surface area (Å²) in [7, 11) is 0. The Bertz CT molecular complexity index is 333. The Balaban J connectivity index is 3.08. The van der Waals surface area contributed by atoms with Crippen LogP contribution in [0.4, 0.5) is 0 Å². The van der Waals surface area contributed by atoms with Crippen molar-refractivity contribution in [2.24, 2.45) is 0 Å². The Kier molecular flexibility index (Phi) is 3.52. The lowest BCUT2D eigenvalue weighted by Gasteiger charge is -1.98. The van der Waals surface area contributed by atoms with Crippen molar-refractivity contribution in [2.45, 2.75) is 6.92 Å². The van der Waals surface area contributed by atoms with Crippen LogP contribution in [0.5, 0.6) is 0 Å². The molecule has 0 amide bonds. The second kappa shape index (κ2) is 4.45. The minimum Gasteiger partial charge on any atom is -0.166 e. The van der Waals surface area contributed by atoms with E-state index in [4.69, 9.17) is 11.6 Å². The van der Waals surface area contributed by atoms with Gasteiger partial charge in [0.2, 0.25) is 0 Å². The summed E-state index contributed by atoms with van der Waals surface area (Å²) in [4.78, 5) is 0. The van der Waals surface area contributed by atoms with Crippen molar-refractivity contribution in [1.82, 2.24) is 0 Å². The molecule has 62 valence electrons. The molecular weight excluding hydrogens is 188 g/mol. The quantitative estimate of drug-likeness (QED) is 0.479. The van der Waals surface area contributed by atoms with E-state index in [9.17, 15) is 0 Å². The van der Waals surface area contributed by atoms with E-state index in [0.717, 1.165) is 16.1 Å². The van der Waals surface area contributed by atoms with Crippen molar-refractivity contribution in [3.05, 3.63) is 34.3 Å². The van der Waals surface area contributed by atoms with Crippen molar-refractivity contribution < 1.29 is 0 Å². The maximum atomic E-state index is 6.00.